The van der Waals surface area contributed by atoms with Crippen molar-refractivity contribution in [1.29, 1.82) is 0 Å². The Labute approximate surface area is 119 Å². The SMILES string of the molecule is CN[C@H]1CCCN(C(=O)C2CCC(F)(F)CC2)C1.Cl. The van der Waals surface area contributed by atoms with Crippen molar-refractivity contribution in [3.05, 3.63) is 0 Å². The summed E-state index contributed by atoms with van der Waals surface area (Å²) >= 11 is 0. The van der Waals surface area contributed by atoms with Crippen LogP contribution in [0, 0.1) is 5.92 Å². The molecule has 1 atom stereocenters. The van der Waals surface area contributed by atoms with Crippen LogP contribution in [0.4, 0.5) is 8.78 Å². The maximum atomic E-state index is 13.1. The first-order valence-electron chi connectivity index (χ1n) is 6.86. The van der Waals surface area contributed by atoms with E-state index in [1.165, 1.54) is 0 Å². The molecule has 0 unspecified atom stereocenters. The zero-order valence-corrected chi connectivity index (χ0v) is 12.1. The van der Waals surface area contributed by atoms with Gasteiger partial charge >= 0.3 is 0 Å². The third kappa shape index (κ3) is 4.28. The summed E-state index contributed by atoms with van der Waals surface area (Å²) in [7, 11) is 1.90. The largest absolute Gasteiger partial charge is 0.341 e. The number of carbonyl (C=O) groups excluding carboxylic acids is 1. The van der Waals surface area contributed by atoms with Gasteiger partial charge in [0, 0.05) is 37.9 Å². The van der Waals surface area contributed by atoms with E-state index in [-0.39, 0.29) is 37.1 Å². The molecular formula is C13H23ClF2N2O. The topological polar surface area (TPSA) is 32.3 Å². The molecule has 1 N–H and O–H groups in total. The van der Waals surface area contributed by atoms with Gasteiger partial charge in [0.25, 0.3) is 0 Å². The molecule has 0 radical (unpaired) electrons. The van der Waals surface area contributed by atoms with Crippen LogP contribution >= 0.6 is 12.4 Å². The normalized spacial score (nSPS) is 27.7. The van der Waals surface area contributed by atoms with Crippen molar-refractivity contribution in [2.24, 2.45) is 5.92 Å². The molecule has 0 aromatic heterocycles. The molecule has 2 aliphatic rings. The number of hydrogen-bond acceptors (Lipinski definition) is 2. The molecule has 0 aromatic rings. The van der Waals surface area contributed by atoms with Crippen molar-refractivity contribution < 1.29 is 13.6 Å². The first-order valence-corrected chi connectivity index (χ1v) is 6.86. The summed E-state index contributed by atoms with van der Waals surface area (Å²) in [5.74, 6) is -2.64. The average molecular weight is 297 g/mol. The first kappa shape index (κ1) is 16.6. The Morgan fingerprint density at radius 2 is 1.89 bits per heavy atom. The van der Waals surface area contributed by atoms with E-state index < -0.39 is 5.92 Å². The Kier molecular flexibility index (Phi) is 5.99. The second-order valence-corrected chi connectivity index (χ2v) is 5.54. The Balaban J connectivity index is 0.00000180. The number of piperidine rings is 1. The number of hydrogen-bond donors (Lipinski definition) is 1. The van der Waals surface area contributed by atoms with Crippen LogP contribution in [0.3, 0.4) is 0 Å². The summed E-state index contributed by atoms with van der Waals surface area (Å²) in [4.78, 5) is 14.1. The molecule has 2 rings (SSSR count). The molecule has 0 spiro atoms. The van der Waals surface area contributed by atoms with Crippen LogP contribution in [0.2, 0.25) is 0 Å². The summed E-state index contributed by atoms with van der Waals surface area (Å²) in [5, 5.41) is 3.19. The molecular weight excluding hydrogens is 274 g/mol. The zero-order valence-electron chi connectivity index (χ0n) is 11.3. The number of likely N-dealkylation sites (tertiary alicyclic amines) is 1. The van der Waals surface area contributed by atoms with Crippen molar-refractivity contribution >= 4 is 18.3 Å². The van der Waals surface area contributed by atoms with Crippen LogP contribution in [-0.4, -0.2) is 42.9 Å². The molecule has 1 aliphatic heterocycles. The highest BCUT2D eigenvalue weighted by molar-refractivity contribution is 5.85. The minimum absolute atomic E-state index is 0. The molecule has 1 saturated carbocycles. The maximum absolute atomic E-state index is 13.1. The highest BCUT2D eigenvalue weighted by Gasteiger charge is 2.39. The number of carbonyl (C=O) groups is 1. The lowest BCUT2D eigenvalue weighted by atomic mass is 9.85. The monoisotopic (exact) mass is 296 g/mol. The van der Waals surface area contributed by atoms with Gasteiger partial charge in [-0.1, -0.05) is 0 Å². The zero-order chi connectivity index (χ0) is 13.2. The molecule has 1 saturated heterocycles. The Bertz CT molecular complexity index is 305. The van der Waals surface area contributed by atoms with Crippen molar-refractivity contribution in [1.82, 2.24) is 10.2 Å². The van der Waals surface area contributed by atoms with Crippen LogP contribution in [0.5, 0.6) is 0 Å². The van der Waals surface area contributed by atoms with Crippen LogP contribution < -0.4 is 5.32 Å². The van der Waals surface area contributed by atoms with Crippen molar-refractivity contribution in [3.63, 3.8) is 0 Å². The fraction of sp³-hybridized carbons (Fsp3) is 0.923. The molecule has 0 bridgehead atoms. The first-order chi connectivity index (χ1) is 8.52. The molecule has 2 fully saturated rings. The smallest absolute Gasteiger partial charge is 0.248 e. The number of rotatable bonds is 2. The summed E-state index contributed by atoms with van der Waals surface area (Å²) in [5.41, 5.74) is 0. The second kappa shape index (κ2) is 6.84. The number of amides is 1. The van der Waals surface area contributed by atoms with E-state index in [2.05, 4.69) is 5.32 Å². The lowest BCUT2D eigenvalue weighted by Gasteiger charge is -2.36. The van der Waals surface area contributed by atoms with Gasteiger partial charge in [-0.15, -0.1) is 12.4 Å². The number of likely N-dealkylation sites (N-methyl/N-ethyl adjacent to an activating group) is 1. The van der Waals surface area contributed by atoms with Gasteiger partial charge in [-0.25, -0.2) is 8.78 Å². The number of nitrogens with zero attached hydrogens (tertiary/aromatic N) is 1. The van der Waals surface area contributed by atoms with Crippen LogP contribution in [-0.2, 0) is 4.79 Å². The van der Waals surface area contributed by atoms with E-state index >= 15 is 0 Å². The van der Waals surface area contributed by atoms with Crippen LogP contribution in [0.25, 0.3) is 0 Å². The van der Waals surface area contributed by atoms with E-state index in [1.807, 2.05) is 11.9 Å². The minimum atomic E-state index is -2.55. The Hall–Kier alpha value is -0.420. The highest BCUT2D eigenvalue weighted by Crippen LogP contribution is 2.37. The quantitative estimate of drug-likeness (QED) is 0.849. The van der Waals surface area contributed by atoms with E-state index in [0.717, 1.165) is 25.9 Å². The van der Waals surface area contributed by atoms with Crippen molar-refractivity contribution in [2.75, 3.05) is 20.1 Å². The fourth-order valence-corrected chi connectivity index (χ4v) is 2.96. The molecule has 3 nitrogen and oxygen atoms in total. The van der Waals surface area contributed by atoms with Gasteiger partial charge in [0.15, 0.2) is 0 Å². The third-order valence-corrected chi connectivity index (χ3v) is 4.21. The van der Waals surface area contributed by atoms with Crippen LogP contribution in [0.1, 0.15) is 38.5 Å². The average Bonchev–Trinajstić information content (AvgIpc) is 2.38. The Morgan fingerprint density at radius 3 is 2.47 bits per heavy atom. The highest BCUT2D eigenvalue weighted by atomic mass is 35.5. The van der Waals surface area contributed by atoms with Gasteiger partial charge in [0.1, 0.15) is 0 Å². The third-order valence-electron chi connectivity index (χ3n) is 4.21. The second-order valence-electron chi connectivity index (χ2n) is 5.54. The van der Waals surface area contributed by atoms with Crippen molar-refractivity contribution in [2.45, 2.75) is 50.5 Å². The molecule has 112 valence electrons. The van der Waals surface area contributed by atoms with Gasteiger partial charge in [-0.05, 0) is 32.7 Å². The summed E-state index contributed by atoms with van der Waals surface area (Å²) in [6.45, 7) is 1.51. The summed E-state index contributed by atoms with van der Waals surface area (Å²) in [6.07, 6.45) is 2.50. The molecule has 6 heteroatoms. The van der Waals surface area contributed by atoms with Gasteiger partial charge in [-0.2, -0.15) is 0 Å². The fourth-order valence-electron chi connectivity index (χ4n) is 2.96. The summed E-state index contributed by atoms with van der Waals surface area (Å²) in [6, 6.07) is 0.354. The van der Waals surface area contributed by atoms with Gasteiger partial charge in [-0.3, -0.25) is 4.79 Å². The van der Waals surface area contributed by atoms with Gasteiger partial charge in [0.2, 0.25) is 11.8 Å². The van der Waals surface area contributed by atoms with E-state index in [0.29, 0.717) is 18.9 Å². The predicted octanol–water partition coefficient (Wildman–Crippen LogP) is 2.44. The maximum Gasteiger partial charge on any atom is 0.248 e. The molecule has 0 aromatic carbocycles. The standard InChI is InChI=1S/C13H22F2N2O.ClH/c1-16-11-3-2-8-17(9-11)12(18)10-4-6-13(14,15)7-5-10;/h10-11,16H,2-9H2,1H3;1H/t11-;/m0./s1. The number of alkyl halides is 2. The van der Waals surface area contributed by atoms with Crippen molar-refractivity contribution in [3.8, 4) is 0 Å². The lowest BCUT2D eigenvalue weighted by Crippen LogP contribution is -2.49. The molecule has 1 aliphatic carbocycles. The van der Waals surface area contributed by atoms with E-state index in [4.69, 9.17) is 0 Å². The Morgan fingerprint density at radius 1 is 1.26 bits per heavy atom. The predicted molar refractivity (Wildman–Crippen MR) is 72.8 cm³/mol. The van der Waals surface area contributed by atoms with Crippen LogP contribution in [0.15, 0.2) is 0 Å². The lowest BCUT2D eigenvalue weighted by molar-refractivity contribution is -0.141. The van der Waals surface area contributed by atoms with Gasteiger partial charge in [0.05, 0.1) is 0 Å². The number of nitrogens with one attached hydrogen (secondary N) is 1. The molecule has 1 amide bonds. The van der Waals surface area contributed by atoms with E-state index in [9.17, 15) is 13.6 Å². The number of halogens is 3. The summed E-state index contributed by atoms with van der Waals surface area (Å²) < 4.78 is 26.1. The van der Waals surface area contributed by atoms with Gasteiger partial charge < -0.3 is 10.2 Å². The molecule has 1 heterocycles. The minimum Gasteiger partial charge on any atom is -0.341 e. The van der Waals surface area contributed by atoms with E-state index in [1.54, 1.807) is 0 Å². The molecule has 19 heavy (non-hydrogen) atoms.